The molecule has 0 bridgehead atoms. The SMILES string of the molecule is COC(=O)c1cnc(C2C[C@@H]2C)cc1Oc1ccc(OC(F)(F)F)cc1OC. The van der Waals surface area contributed by atoms with Gasteiger partial charge in [-0.2, -0.15) is 0 Å². The van der Waals surface area contributed by atoms with E-state index in [0.29, 0.717) is 5.92 Å². The maximum absolute atomic E-state index is 12.4. The van der Waals surface area contributed by atoms with Crippen LogP contribution in [0.15, 0.2) is 30.5 Å². The number of ether oxygens (including phenoxy) is 4. The first-order chi connectivity index (χ1) is 13.2. The monoisotopic (exact) mass is 397 g/mol. The summed E-state index contributed by atoms with van der Waals surface area (Å²) in [6, 6.07) is 5.04. The van der Waals surface area contributed by atoms with Crippen LogP contribution in [0.5, 0.6) is 23.0 Å². The van der Waals surface area contributed by atoms with Crippen molar-refractivity contribution in [2.45, 2.75) is 25.6 Å². The fourth-order valence-corrected chi connectivity index (χ4v) is 2.78. The molecule has 150 valence electrons. The number of halogens is 3. The zero-order valence-electron chi connectivity index (χ0n) is 15.4. The topological polar surface area (TPSA) is 66.9 Å². The van der Waals surface area contributed by atoms with E-state index in [1.807, 2.05) is 0 Å². The van der Waals surface area contributed by atoms with Crippen molar-refractivity contribution in [3.63, 3.8) is 0 Å². The largest absolute Gasteiger partial charge is 0.573 e. The second-order valence-corrected chi connectivity index (χ2v) is 6.38. The zero-order valence-corrected chi connectivity index (χ0v) is 15.4. The van der Waals surface area contributed by atoms with Crippen LogP contribution in [0.2, 0.25) is 0 Å². The highest BCUT2D eigenvalue weighted by atomic mass is 19.4. The number of alkyl halides is 3. The van der Waals surface area contributed by atoms with E-state index in [1.165, 1.54) is 26.5 Å². The molecule has 0 saturated heterocycles. The number of methoxy groups -OCH3 is 2. The van der Waals surface area contributed by atoms with E-state index in [4.69, 9.17) is 14.2 Å². The van der Waals surface area contributed by atoms with Crippen molar-refractivity contribution in [2.75, 3.05) is 14.2 Å². The summed E-state index contributed by atoms with van der Waals surface area (Å²) in [5.41, 5.74) is 0.864. The van der Waals surface area contributed by atoms with Crippen LogP contribution in [-0.2, 0) is 4.74 Å². The lowest BCUT2D eigenvalue weighted by Gasteiger charge is -2.15. The molecule has 1 aromatic heterocycles. The van der Waals surface area contributed by atoms with Gasteiger partial charge in [0, 0.05) is 29.9 Å². The van der Waals surface area contributed by atoms with E-state index in [1.54, 1.807) is 6.07 Å². The maximum atomic E-state index is 12.4. The Labute approximate surface area is 159 Å². The van der Waals surface area contributed by atoms with Gasteiger partial charge in [-0.1, -0.05) is 6.92 Å². The van der Waals surface area contributed by atoms with Crippen LogP contribution >= 0.6 is 0 Å². The van der Waals surface area contributed by atoms with E-state index in [2.05, 4.69) is 16.6 Å². The number of hydrogen-bond donors (Lipinski definition) is 0. The van der Waals surface area contributed by atoms with Crippen LogP contribution in [0.1, 0.15) is 35.3 Å². The second kappa shape index (κ2) is 7.57. The van der Waals surface area contributed by atoms with Gasteiger partial charge in [-0.05, 0) is 24.5 Å². The molecule has 0 radical (unpaired) electrons. The molecule has 1 saturated carbocycles. The lowest BCUT2D eigenvalue weighted by Crippen LogP contribution is -2.17. The van der Waals surface area contributed by atoms with Crippen molar-refractivity contribution in [1.29, 1.82) is 0 Å². The average Bonchev–Trinajstić information content (AvgIpc) is 3.37. The zero-order chi connectivity index (χ0) is 20.5. The molecule has 1 aliphatic carbocycles. The van der Waals surface area contributed by atoms with E-state index < -0.39 is 18.1 Å². The Hall–Kier alpha value is -2.97. The molecule has 1 fully saturated rings. The first-order valence-corrected chi connectivity index (χ1v) is 8.41. The summed E-state index contributed by atoms with van der Waals surface area (Å²) in [7, 11) is 2.51. The predicted molar refractivity (Wildman–Crippen MR) is 91.8 cm³/mol. The number of carbonyl (C=O) groups excluding carboxylic acids is 1. The average molecular weight is 397 g/mol. The maximum Gasteiger partial charge on any atom is 0.573 e. The summed E-state index contributed by atoms with van der Waals surface area (Å²) in [5, 5.41) is 0. The van der Waals surface area contributed by atoms with E-state index >= 15 is 0 Å². The molecule has 0 spiro atoms. The number of esters is 1. The van der Waals surface area contributed by atoms with Gasteiger partial charge in [0.15, 0.2) is 11.5 Å². The van der Waals surface area contributed by atoms with Crippen LogP contribution in [0.4, 0.5) is 13.2 Å². The quantitative estimate of drug-likeness (QED) is 0.659. The Balaban J connectivity index is 1.94. The Morgan fingerprint density at radius 2 is 1.86 bits per heavy atom. The third-order valence-electron chi connectivity index (χ3n) is 4.37. The molecule has 1 unspecified atom stereocenters. The van der Waals surface area contributed by atoms with Crippen LogP contribution in [0.25, 0.3) is 0 Å². The minimum atomic E-state index is -4.83. The molecule has 0 N–H and O–H groups in total. The second-order valence-electron chi connectivity index (χ2n) is 6.38. The van der Waals surface area contributed by atoms with Crippen molar-refractivity contribution < 1.29 is 36.9 Å². The summed E-state index contributed by atoms with van der Waals surface area (Å²) in [6.07, 6.45) is -2.47. The highest BCUT2D eigenvalue weighted by Crippen LogP contribution is 2.47. The summed E-state index contributed by atoms with van der Waals surface area (Å²) in [4.78, 5) is 16.3. The van der Waals surface area contributed by atoms with E-state index in [9.17, 15) is 18.0 Å². The van der Waals surface area contributed by atoms with Crippen LogP contribution in [0.3, 0.4) is 0 Å². The minimum absolute atomic E-state index is 0.00992. The van der Waals surface area contributed by atoms with Crippen LogP contribution < -0.4 is 14.2 Å². The van der Waals surface area contributed by atoms with Crippen molar-refractivity contribution in [3.8, 4) is 23.0 Å². The molecule has 1 aromatic carbocycles. The molecule has 0 amide bonds. The third kappa shape index (κ3) is 4.47. The van der Waals surface area contributed by atoms with Gasteiger partial charge < -0.3 is 18.9 Å². The molecular weight excluding hydrogens is 379 g/mol. The fourth-order valence-electron chi connectivity index (χ4n) is 2.78. The van der Waals surface area contributed by atoms with Crippen LogP contribution in [0, 0.1) is 5.92 Å². The molecule has 2 aromatic rings. The summed E-state index contributed by atoms with van der Waals surface area (Å²) < 4.78 is 56.8. The van der Waals surface area contributed by atoms with Gasteiger partial charge in [-0.25, -0.2) is 4.79 Å². The smallest absolute Gasteiger partial charge is 0.493 e. The van der Waals surface area contributed by atoms with Gasteiger partial charge in [-0.3, -0.25) is 4.98 Å². The normalized spacial score (nSPS) is 18.4. The number of aromatic nitrogens is 1. The number of rotatable bonds is 6. The lowest BCUT2D eigenvalue weighted by molar-refractivity contribution is -0.274. The first-order valence-electron chi connectivity index (χ1n) is 8.41. The molecule has 28 heavy (non-hydrogen) atoms. The molecule has 1 heterocycles. The Kier molecular flexibility index (Phi) is 5.35. The number of pyridine rings is 1. The summed E-state index contributed by atoms with van der Waals surface area (Å²) in [6.45, 7) is 2.09. The molecule has 3 rings (SSSR count). The number of benzene rings is 1. The standard InChI is InChI=1S/C19H18F3NO5/c1-10-6-12(10)14-8-16(13(9-23-14)18(24)26-3)27-15-5-4-11(7-17(15)25-2)28-19(20,21)22/h4-5,7-10,12H,6H2,1-3H3/t10-,12?/m0/s1. The Bertz CT molecular complexity index is 884. The van der Waals surface area contributed by atoms with Gasteiger partial charge in [0.25, 0.3) is 0 Å². The van der Waals surface area contributed by atoms with Gasteiger partial charge in [-0.15, -0.1) is 13.2 Å². The summed E-state index contributed by atoms with van der Waals surface area (Å²) in [5.74, 6) is -0.0326. The first kappa shape index (κ1) is 19.8. The number of nitrogens with zero attached hydrogens (tertiary/aromatic N) is 1. The van der Waals surface area contributed by atoms with Gasteiger partial charge in [0.05, 0.1) is 14.2 Å². The predicted octanol–water partition coefficient (Wildman–Crippen LogP) is 4.69. The third-order valence-corrected chi connectivity index (χ3v) is 4.37. The van der Waals surface area contributed by atoms with Crippen molar-refractivity contribution in [2.24, 2.45) is 5.92 Å². The van der Waals surface area contributed by atoms with Gasteiger partial charge >= 0.3 is 12.3 Å². The molecule has 6 nitrogen and oxygen atoms in total. The lowest BCUT2D eigenvalue weighted by atomic mass is 10.1. The van der Waals surface area contributed by atoms with E-state index in [0.717, 1.165) is 24.2 Å². The molecule has 9 heteroatoms. The highest BCUT2D eigenvalue weighted by Gasteiger charge is 2.36. The highest BCUT2D eigenvalue weighted by molar-refractivity contribution is 5.92. The molecule has 0 aliphatic heterocycles. The van der Waals surface area contributed by atoms with Gasteiger partial charge in [0.2, 0.25) is 0 Å². The summed E-state index contributed by atoms with van der Waals surface area (Å²) >= 11 is 0. The molecular formula is C19H18F3NO5. The van der Waals surface area contributed by atoms with Crippen molar-refractivity contribution in [1.82, 2.24) is 4.98 Å². The minimum Gasteiger partial charge on any atom is -0.493 e. The number of hydrogen-bond acceptors (Lipinski definition) is 6. The van der Waals surface area contributed by atoms with E-state index in [-0.39, 0.29) is 28.7 Å². The van der Waals surface area contributed by atoms with Crippen molar-refractivity contribution >= 4 is 5.97 Å². The van der Waals surface area contributed by atoms with Crippen molar-refractivity contribution in [3.05, 3.63) is 41.7 Å². The Morgan fingerprint density at radius 1 is 1.14 bits per heavy atom. The number of carbonyl (C=O) groups is 1. The molecule has 2 atom stereocenters. The fraction of sp³-hybridized carbons (Fsp3) is 0.368. The van der Waals surface area contributed by atoms with Crippen LogP contribution in [-0.4, -0.2) is 31.5 Å². The van der Waals surface area contributed by atoms with Gasteiger partial charge in [0.1, 0.15) is 17.1 Å². The molecule has 1 aliphatic rings. The Morgan fingerprint density at radius 3 is 2.43 bits per heavy atom.